The molecule has 0 fully saturated rings. The summed E-state index contributed by atoms with van der Waals surface area (Å²) in [5.74, 6) is -2.11. The maximum Gasteiger partial charge on any atom is 0.372 e. The van der Waals surface area contributed by atoms with E-state index in [9.17, 15) is 14.8 Å². The monoisotopic (exact) mass is 225 g/mol. The molecule has 0 saturated heterocycles. The molecule has 0 unspecified atom stereocenters. The van der Waals surface area contributed by atoms with Crippen LogP contribution in [0.25, 0.3) is 11.2 Å². The zero-order valence-corrected chi connectivity index (χ0v) is 8.08. The number of aryl methyl sites for hydroxylation is 1. The Morgan fingerprint density at radius 2 is 2.06 bits per heavy atom. The molecule has 0 spiro atoms. The number of hydrogen-bond donors (Lipinski definition) is 3. The minimum absolute atomic E-state index is 0.118. The summed E-state index contributed by atoms with van der Waals surface area (Å²) in [5.41, 5.74) is 4.11. The highest BCUT2D eigenvalue weighted by molar-refractivity contribution is 5.88. The Morgan fingerprint density at radius 1 is 1.44 bits per heavy atom. The van der Waals surface area contributed by atoms with Crippen molar-refractivity contribution >= 4 is 23.1 Å². The smallest absolute Gasteiger partial charge is 0.372 e. The van der Waals surface area contributed by atoms with Crippen LogP contribution in [0.4, 0.5) is 5.95 Å². The van der Waals surface area contributed by atoms with Crippen molar-refractivity contribution in [3.05, 3.63) is 16.2 Å². The molecule has 2 aromatic rings. The van der Waals surface area contributed by atoms with Gasteiger partial charge in [-0.15, -0.1) is 4.73 Å². The van der Waals surface area contributed by atoms with E-state index in [0.717, 1.165) is 4.57 Å². The number of fused-ring (bicyclic) bond motifs is 1. The summed E-state index contributed by atoms with van der Waals surface area (Å²) >= 11 is 0. The van der Waals surface area contributed by atoms with E-state index in [4.69, 9.17) is 10.8 Å². The van der Waals surface area contributed by atoms with Crippen LogP contribution in [0.5, 0.6) is 0 Å². The molecular formula is C7H7N5O4. The minimum atomic E-state index is -1.30. The number of hydrogen-bond acceptors (Lipinski definition) is 6. The van der Waals surface area contributed by atoms with Crippen molar-refractivity contribution in [2.45, 2.75) is 0 Å². The first-order valence-electron chi connectivity index (χ1n) is 4.11. The van der Waals surface area contributed by atoms with Gasteiger partial charge in [0.25, 0.3) is 0 Å². The van der Waals surface area contributed by atoms with Gasteiger partial charge >= 0.3 is 11.5 Å². The van der Waals surface area contributed by atoms with Crippen LogP contribution in [0.3, 0.4) is 0 Å². The third-order valence-corrected chi connectivity index (χ3v) is 2.10. The minimum Gasteiger partial charge on any atom is -0.475 e. The summed E-state index contributed by atoms with van der Waals surface area (Å²) < 4.78 is 1.16. The van der Waals surface area contributed by atoms with E-state index in [0.29, 0.717) is 0 Å². The lowest BCUT2D eigenvalue weighted by Crippen LogP contribution is -2.23. The first kappa shape index (κ1) is 9.96. The molecule has 16 heavy (non-hydrogen) atoms. The van der Waals surface area contributed by atoms with Crippen molar-refractivity contribution < 1.29 is 15.1 Å². The second-order valence-corrected chi connectivity index (χ2v) is 3.06. The summed E-state index contributed by atoms with van der Waals surface area (Å²) in [6, 6.07) is 0. The van der Waals surface area contributed by atoms with Gasteiger partial charge in [0.2, 0.25) is 11.8 Å². The molecule has 4 N–H and O–H groups in total. The van der Waals surface area contributed by atoms with Crippen molar-refractivity contribution in [3.8, 4) is 0 Å². The second kappa shape index (κ2) is 2.95. The van der Waals surface area contributed by atoms with Crippen molar-refractivity contribution in [3.63, 3.8) is 0 Å². The molecule has 0 aromatic carbocycles. The highest BCUT2D eigenvalue weighted by Crippen LogP contribution is 2.09. The fraction of sp³-hybridized carbons (Fsp3) is 0.143. The third-order valence-electron chi connectivity index (χ3n) is 2.10. The Bertz CT molecular complexity index is 655. The molecule has 0 atom stereocenters. The molecule has 0 amide bonds. The highest BCUT2D eigenvalue weighted by atomic mass is 16.5. The normalized spacial score (nSPS) is 10.8. The van der Waals surface area contributed by atoms with Crippen LogP contribution in [0.2, 0.25) is 0 Å². The Balaban J connectivity index is 2.99. The van der Waals surface area contributed by atoms with Crippen LogP contribution in [0.1, 0.15) is 10.6 Å². The maximum absolute atomic E-state index is 11.5. The molecule has 0 bridgehead atoms. The number of anilines is 1. The van der Waals surface area contributed by atoms with E-state index in [1.165, 1.54) is 7.05 Å². The van der Waals surface area contributed by atoms with E-state index >= 15 is 0 Å². The molecule has 9 nitrogen and oxygen atoms in total. The summed E-state index contributed by atoms with van der Waals surface area (Å²) in [6.45, 7) is 0. The molecule has 0 aliphatic carbocycles. The summed E-state index contributed by atoms with van der Waals surface area (Å²) in [5, 5.41) is 18.0. The van der Waals surface area contributed by atoms with Crippen LogP contribution in [0.15, 0.2) is 4.79 Å². The van der Waals surface area contributed by atoms with Crippen molar-refractivity contribution in [2.24, 2.45) is 7.05 Å². The van der Waals surface area contributed by atoms with Gasteiger partial charge in [-0.25, -0.2) is 9.78 Å². The fourth-order valence-electron chi connectivity index (χ4n) is 1.35. The molecule has 2 rings (SSSR count). The average molecular weight is 225 g/mol. The van der Waals surface area contributed by atoms with E-state index in [2.05, 4.69) is 9.97 Å². The van der Waals surface area contributed by atoms with E-state index in [1.54, 1.807) is 0 Å². The first-order valence-corrected chi connectivity index (χ1v) is 4.11. The summed E-state index contributed by atoms with van der Waals surface area (Å²) in [4.78, 5) is 29.5. The van der Waals surface area contributed by atoms with Gasteiger partial charge in [-0.05, 0) is 0 Å². The predicted molar refractivity (Wildman–Crippen MR) is 51.3 cm³/mol. The van der Waals surface area contributed by atoms with Gasteiger partial charge in [0.05, 0.1) is 0 Å². The van der Waals surface area contributed by atoms with Gasteiger partial charge < -0.3 is 20.6 Å². The largest absolute Gasteiger partial charge is 0.475 e. The summed E-state index contributed by atoms with van der Waals surface area (Å²) in [7, 11) is 1.33. The molecule has 84 valence electrons. The number of carbonyl (C=O) groups is 1. The number of rotatable bonds is 1. The van der Waals surface area contributed by atoms with Crippen molar-refractivity contribution in [1.82, 2.24) is 19.3 Å². The van der Waals surface area contributed by atoms with Gasteiger partial charge in [-0.2, -0.15) is 4.98 Å². The van der Waals surface area contributed by atoms with Crippen molar-refractivity contribution in [1.29, 1.82) is 0 Å². The fourth-order valence-corrected chi connectivity index (χ4v) is 1.35. The molecule has 0 saturated carbocycles. The van der Waals surface area contributed by atoms with Crippen LogP contribution >= 0.6 is 0 Å². The second-order valence-electron chi connectivity index (χ2n) is 3.06. The SMILES string of the molecule is Cn1c(C(=O)O)nc2nc(N)n(O)c(=O)c21. The molecule has 9 heteroatoms. The molecule has 2 aromatic heterocycles. The van der Waals surface area contributed by atoms with E-state index in [1.807, 2.05) is 0 Å². The maximum atomic E-state index is 11.5. The highest BCUT2D eigenvalue weighted by Gasteiger charge is 2.19. The van der Waals surface area contributed by atoms with Crippen LogP contribution in [-0.2, 0) is 7.05 Å². The van der Waals surface area contributed by atoms with Gasteiger partial charge in [0, 0.05) is 7.05 Å². The molecular weight excluding hydrogens is 218 g/mol. The zero-order chi connectivity index (χ0) is 12.0. The lowest BCUT2D eigenvalue weighted by molar-refractivity contribution is 0.0680. The van der Waals surface area contributed by atoms with Gasteiger partial charge in [0.15, 0.2) is 11.2 Å². The Kier molecular flexibility index (Phi) is 1.84. The van der Waals surface area contributed by atoms with Crippen LogP contribution < -0.4 is 11.3 Å². The molecule has 0 radical (unpaired) electrons. The van der Waals surface area contributed by atoms with E-state index in [-0.39, 0.29) is 21.7 Å². The number of carboxylic acids is 1. The topological polar surface area (TPSA) is 136 Å². The lowest BCUT2D eigenvalue weighted by Gasteiger charge is -2.00. The number of nitrogens with zero attached hydrogens (tertiary/aromatic N) is 4. The quantitative estimate of drug-likeness (QED) is 0.510. The van der Waals surface area contributed by atoms with E-state index < -0.39 is 17.5 Å². The Hall–Kier alpha value is -2.58. The standard InChI is InChI=1S/C7H7N5O4/c1-11-2-3(9-4(11)6(14)15)10-7(8)12(16)5(2)13/h16H,1H3,(H2,8,10)(H,14,15). The number of nitrogen functional groups attached to an aromatic ring is 1. The third kappa shape index (κ3) is 1.11. The van der Waals surface area contributed by atoms with Crippen LogP contribution in [0, 0.1) is 0 Å². The Morgan fingerprint density at radius 3 is 2.62 bits per heavy atom. The van der Waals surface area contributed by atoms with Gasteiger partial charge in [-0.3, -0.25) is 4.79 Å². The Labute approximate surface area is 87.3 Å². The van der Waals surface area contributed by atoms with Gasteiger partial charge in [-0.1, -0.05) is 0 Å². The number of carboxylic acid groups (broad SMARTS) is 1. The number of aromatic carboxylic acids is 1. The van der Waals surface area contributed by atoms with Gasteiger partial charge in [0.1, 0.15) is 0 Å². The molecule has 2 heterocycles. The predicted octanol–water partition coefficient (Wildman–Crippen LogP) is -1.35. The summed E-state index contributed by atoms with van der Waals surface area (Å²) in [6.07, 6.45) is 0. The average Bonchev–Trinajstić information content (AvgIpc) is 2.52. The zero-order valence-electron chi connectivity index (χ0n) is 8.08. The number of imidazole rings is 1. The van der Waals surface area contributed by atoms with Crippen LogP contribution in [-0.4, -0.2) is 35.5 Å². The van der Waals surface area contributed by atoms with Crippen molar-refractivity contribution in [2.75, 3.05) is 5.73 Å². The molecule has 0 aliphatic heterocycles. The number of aromatic nitrogens is 4. The first-order chi connectivity index (χ1) is 7.43. The molecule has 0 aliphatic rings. The number of nitrogens with two attached hydrogens (primary N) is 1. The lowest BCUT2D eigenvalue weighted by atomic mass is 10.5.